The van der Waals surface area contributed by atoms with Crippen LogP contribution in [0.25, 0.3) is 0 Å². The average molecular weight is 240 g/mol. The van der Waals surface area contributed by atoms with E-state index < -0.39 is 0 Å². The van der Waals surface area contributed by atoms with Gasteiger partial charge in [0.2, 0.25) is 0 Å². The number of nitriles is 1. The van der Waals surface area contributed by atoms with Gasteiger partial charge in [-0.25, -0.2) is 0 Å². The Morgan fingerprint density at radius 2 is 2.38 bits per heavy atom. The number of nitrogens with zero attached hydrogens (tertiary/aromatic N) is 1. The molecule has 1 aromatic rings. The van der Waals surface area contributed by atoms with Crippen molar-refractivity contribution < 1.29 is 9.47 Å². The Kier molecular flexibility index (Phi) is 6.04. The van der Waals surface area contributed by atoms with Crippen molar-refractivity contribution in [2.75, 3.05) is 27.4 Å². The molecule has 0 amide bonds. The minimum Gasteiger partial charge on any atom is -0.382 e. The van der Waals surface area contributed by atoms with E-state index in [1.807, 2.05) is 11.4 Å². The molecule has 4 nitrogen and oxygen atoms in total. The summed E-state index contributed by atoms with van der Waals surface area (Å²) < 4.78 is 10.2. The van der Waals surface area contributed by atoms with Crippen LogP contribution in [0.5, 0.6) is 0 Å². The third-order valence-corrected chi connectivity index (χ3v) is 3.08. The standard InChI is InChI=1S/C11H16N2O2S/c1-14-7-10(15-2)5-13-6-11-3-9(4-12)8-16-11/h3,8,10,13H,5-7H2,1-2H3. The summed E-state index contributed by atoms with van der Waals surface area (Å²) in [6.45, 7) is 2.08. The number of hydrogen-bond acceptors (Lipinski definition) is 5. The lowest BCUT2D eigenvalue weighted by Crippen LogP contribution is -2.31. The smallest absolute Gasteiger partial charge is 0.100 e. The predicted octanol–water partition coefficient (Wildman–Crippen LogP) is 1.37. The lowest BCUT2D eigenvalue weighted by atomic mass is 10.3. The first kappa shape index (κ1) is 13.1. The fraction of sp³-hybridized carbons (Fsp3) is 0.545. The van der Waals surface area contributed by atoms with Gasteiger partial charge in [0.25, 0.3) is 0 Å². The number of thiophene rings is 1. The first-order chi connectivity index (χ1) is 7.80. The summed E-state index contributed by atoms with van der Waals surface area (Å²) in [6.07, 6.45) is 0.0698. The maximum absolute atomic E-state index is 8.67. The molecule has 0 saturated carbocycles. The van der Waals surface area contributed by atoms with Crippen LogP contribution >= 0.6 is 11.3 Å². The molecule has 1 unspecified atom stereocenters. The molecule has 5 heteroatoms. The Hall–Kier alpha value is -0.930. The van der Waals surface area contributed by atoms with E-state index in [1.54, 1.807) is 25.6 Å². The molecular formula is C11H16N2O2S. The third kappa shape index (κ3) is 4.29. The van der Waals surface area contributed by atoms with Crippen molar-refractivity contribution in [3.8, 4) is 6.07 Å². The lowest BCUT2D eigenvalue weighted by molar-refractivity contribution is 0.0288. The Morgan fingerprint density at radius 3 is 2.94 bits per heavy atom. The van der Waals surface area contributed by atoms with Gasteiger partial charge in [-0.05, 0) is 6.07 Å². The Balaban J connectivity index is 2.27. The summed E-state index contributed by atoms with van der Waals surface area (Å²) >= 11 is 1.59. The zero-order valence-corrected chi connectivity index (χ0v) is 10.3. The number of hydrogen-bond donors (Lipinski definition) is 1. The molecule has 16 heavy (non-hydrogen) atoms. The predicted molar refractivity (Wildman–Crippen MR) is 63.4 cm³/mol. The van der Waals surface area contributed by atoms with Crippen LogP contribution < -0.4 is 5.32 Å². The first-order valence-electron chi connectivity index (χ1n) is 5.00. The first-order valence-corrected chi connectivity index (χ1v) is 5.88. The van der Waals surface area contributed by atoms with E-state index in [-0.39, 0.29) is 6.10 Å². The van der Waals surface area contributed by atoms with Crippen molar-refractivity contribution in [1.82, 2.24) is 5.32 Å². The second-order valence-corrected chi connectivity index (χ2v) is 4.35. The minimum absolute atomic E-state index is 0.0698. The van der Waals surface area contributed by atoms with Crippen molar-refractivity contribution in [2.45, 2.75) is 12.6 Å². The third-order valence-electron chi connectivity index (χ3n) is 2.14. The van der Waals surface area contributed by atoms with Crippen molar-refractivity contribution in [3.63, 3.8) is 0 Å². The number of rotatable bonds is 7. The average Bonchev–Trinajstić information content (AvgIpc) is 2.76. The molecule has 1 aromatic heterocycles. The van der Waals surface area contributed by atoms with Crippen molar-refractivity contribution in [1.29, 1.82) is 5.26 Å². The molecule has 0 bridgehead atoms. The quantitative estimate of drug-likeness (QED) is 0.782. The van der Waals surface area contributed by atoms with E-state index in [9.17, 15) is 0 Å². The van der Waals surface area contributed by atoms with Gasteiger partial charge in [0.05, 0.1) is 18.3 Å². The molecule has 0 aromatic carbocycles. The maximum atomic E-state index is 8.67. The molecule has 0 saturated heterocycles. The lowest BCUT2D eigenvalue weighted by Gasteiger charge is -2.14. The zero-order valence-electron chi connectivity index (χ0n) is 9.53. The fourth-order valence-corrected chi connectivity index (χ4v) is 2.06. The summed E-state index contributed by atoms with van der Waals surface area (Å²) in [5.74, 6) is 0. The summed E-state index contributed by atoms with van der Waals surface area (Å²) in [5, 5.41) is 13.8. The molecule has 0 spiro atoms. The van der Waals surface area contributed by atoms with Gasteiger partial charge in [0.15, 0.2) is 0 Å². The van der Waals surface area contributed by atoms with Crippen LogP contribution in [0.3, 0.4) is 0 Å². The van der Waals surface area contributed by atoms with E-state index >= 15 is 0 Å². The van der Waals surface area contributed by atoms with Gasteiger partial charge in [-0.1, -0.05) is 0 Å². The van der Waals surface area contributed by atoms with Crippen molar-refractivity contribution >= 4 is 11.3 Å². The number of ether oxygens (including phenoxy) is 2. The zero-order chi connectivity index (χ0) is 11.8. The molecule has 88 valence electrons. The van der Waals surface area contributed by atoms with Gasteiger partial charge in [0.1, 0.15) is 6.07 Å². The van der Waals surface area contributed by atoms with E-state index in [0.29, 0.717) is 6.61 Å². The summed E-state index contributed by atoms with van der Waals surface area (Å²) in [5.41, 5.74) is 0.724. The molecule has 1 rings (SSSR count). The van der Waals surface area contributed by atoms with Gasteiger partial charge in [-0.2, -0.15) is 5.26 Å². The molecule has 0 aliphatic carbocycles. The molecule has 1 N–H and O–H groups in total. The van der Waals surface area contributed by atoms with E-state index in [1.165, 1.54) is 0 Å². The van der Waals surface area contributed by atoms with Crippen LogP contribution in [0.15, 0.2) is 11.4 Å². The highest BCUT2D eigenvalue weighted by molar-refractivity contribution is 7.10. The second kappa shape index (κ2) is 7.36. The molecule has 0 aliphatic heterocycles. The Labute approximate surface area is 99.8 Å². The van der Waals surface area contributed by atoms with E-state index in [0.717, 1.165) is 23.5 Å². The van der Waals surface area contributed by atoms with Gasteiger partial charge in [0, 0.05) is 37.6 Å². The van der Waals surface area contributed by atoms with E-state index in [2.05, 4.69) is 11.4 Å². The van der Waals surface area contributed by atoms with Crippen molar-refractivity contribution in [2.24, 2.45) is 0 Å². The molecule has 1 atom stereocenters. The highest BCUT2D eigenvalue weighted by Gasteiger charge is 2.06. The molecule has 1 heterocycles. The largest absolute Gasteiger partial charge is 0.382 e. The highest BCUT2D eigenvalue weighted by atomic mass is 32.1. The van der Waals surface area contributed by atoms with Crippen molar-refractivity contribution in [3.05, 3.63) is 21.9 Å². The van der Waals surface area contributed by atoms with Gasteiger partial charge in [-0.15, -0.1) is 11.3 Å². The monoisotopic (exact) mass is 240 g/mol. The van der Waals surface area contributed by atoms with E-state index in [4.69, 9.17) is 14.7 Å². The fourth-order valence-electron chi connectivity index (χ4n) is 1.28. The second-order valence-electron chi connectivity index (χ2n) is 3.36. The SMILES string of the molecule is COCC(CNCc1cc(C#N)cs1)OC. The van der Waals surface area contributed by atoms with Crippen LogP contribution in [0, 0.1) is 11.3 Å². The number of nitrogens with one attached hydrogen (secondary N) is 1. The van der Waals surface area contributed by atoms with Gasteiger partial charge >= 0.3 is 0 Å². The topological polar surface area (TPSA) is 54.3 Å². The Bertz CT molecular complexity index is 346. The van der Waals surface area contributed by atoms with Gasteiger partial charge < -0.3 is 14.8 Å². The summed E-state index contributed by atoms with van der Waals surface area (Å²) in [7, 11) is 3.33. The number of methoxy groups -OCH3 is 2. The van der Waals surface area contributed by atoms with Crippen LogP contribution in [0.1, 0.15) is 10.4 Å². The normalized spacial score (nSPS) is 12.3. The van der Waals surface area contributed by atoms with Gasteiger partial charge in [-0.3, -0.25) is 0 Å². The molecule has 0 radical (unpaired) electrons. The maximum Gasteiger partial charge on any atom is 0.100 e. The minimum atomic E-state index is 0.0698. The van der Waals surface area contributed by atoms with Crippen LogP contribution in [0.2, 0.25) is 0 Å². The molecule has 0 aliphatic rings. The summed E-state index contributed by atoms with van der Waals surface area (Å²) in [6, 6.07) is 4.01. The molecule has 0 fully saturated rings. The summed E-state index contributed by atoms with van der Waals surface area (Å²) in [4.78, 5) is 1.16. The van der Waals surface area contributed by atoms with Crippen LogP contribution in [-0.4, -0.2) is 33.5 Å². The highest BCUT2D eigenvalue weighted by Crippen LogP contribution is 2.13. The molecular weight excluding hydrogens is 224 g/mol. The Morgan fingerprint density at radius 1 is 1.56 bits per heavy atom. The van der Waals surface area contributed by atoms with Crippen LogP contribution in [0.4, 0.5) is 0 Å². The van der Waals surface area contributed by atoms with Crippen LogP contribution in [-0.2, 0) is 16.0 Å².